The smallest absolute Gasteiger partial charge is 0.329 e. The zero-order chi connectivity index (χ0) is 28.8. The third-order valence-electron chi connectivity index (χ3n) is 7.24. The lowest BCUT2D eigenvalue weighted by atomic mass is 10.1. The molecule has 0 radical (unpaired) electrons. The van der Waals surface area contributed by atoms with Crippen molar-refractivity contribution in [1.29, 1.82) is 0 Å². The van der Waals surface area contributed by atoms with E-state index in [-0.39, 0.29) is 12.7 Å². The first kappa shape index (κ1) is 29.5. The molecule has 218 valence electrons. The lowest BCUT2D eigenvalue weighted by Gasteiger charge is -2.31. The summed E-state index contributed by atoms with van der Waals surface area (Å²) in [4.78, 5) is 31.6. The van der Waals surface area contributed by atoms with Gasteiger partial charge in [0.05, 0.1) is 24.2 Å². The van der Waals surface area contributed by atoms with E-state index in [1.807, 2.05) is 24.3 Å². The van der Waals surface area contributed by atoms with Gasteiger partial charge in [0, 0.05) is 60.9 Å². The number of carboxylic acids is 1. The lowest BCUT2D eigenvalue weighted by molar-refractivity contribution is -0.145. The molecule has 0 bridgehead atoms. The van der Waals surface area contributed by atoms with Crippen LogP contribution in [0.4, 0.5) is 5.95 Å². The molecule has 1 N–H and O–H groups in total. The van der Waals surface area contributed by atoms with Gasteiger partial charge in [0.25, 0.3) is 0 Å². The average Bonchev–Trinajstić information content (AvgIpc) is 3.17. The summed E-state index contributed by atoms with van der Waals surface area (Å²) in [5.74, 6) is 0.664. The van der Waals surface area contributed by atoms with Crippen molar-refractivity contribution in [2.45, 2.75) is 31.9 Å². The first-order chi connectivity index (χ1) is 19.8. The number of aromatic nitrogens is 3. The van der Waals surface area contributed by atoms with Gasteiger partial charge < -0.3 is 24.4 Å². The number of nitrogens with zero attached hydrogens (tertiary/aromatic N) is 6. The van der Waals surface area contributed by atoms with Gasteiger partial charge in [-0.2, -0.15) is 0 Å². The average molecular weight is 602 g/mol. The van der Waals surface area contributed by atoms with Gasteiger partial charge in [0.1, 0.15) is 6.61 Å². The van der Waals surface area contributed by atoms with Gasteiger partial charge in [-0.05, 0) is 62.7 Å². The highest BCUT2D eigenvalue weighted by Crippen LogP contribution is 2.30. The van der Waals surface area contributed by atoms with E-state index in [0.717, 1.165) is 69.7 Å². The molecule has 2 fully saturated rings. The van der Waals surface area contributed by atoms with Gasteiger partial charge in [-0.3, -0.25) is 4.90 Å². The molecule has 5 rings (SSSR count). The van der Waals surface area contributed by atoms with Gasteiger partial charge in [0.2, 0.25) is 11.8 Å². The molecule has 0 unspecified atom stereocenters. The Labute approximate surface area is 249 Å². The number of ether oxygens (including phenoxy) is 2. The minimum Gasteiger partial charge on any atom is -0.480 e. The second kappa shape index (κ2) is 13.8. The molecule has 4 heterocycles. The molecular weight excluding hydrogens is 567 g/mol. The van der Waals surface area contributed by atoms with Gasteiger partial charge in [-0.1, -0.05) is 23.2 Å². The van der Waals surface area contributed by atoms with Crippen molar-refractivity contribution in [3.8, 4) is 22.9 Å². The van der Waals surface area contributed by atoms with E-state index < -0.39 is 5.97 Å². The molecule has 2 saturated heterocycles. The second-order valence-electron chi connectivity index (χ2n) is 10.5. The number of carboxylic acid groups (broad SMARTS) is 1. The fourth-order valence-electron chi connectivity index (χ4n) is 5.13. The Hall–Kier alpha value is -3.02. The SMILES string of the molecule is CN1CCCN(c2ncc(Oc3cc(CN4CCC(OCC(=O)O)CC4)cc(-c4cc(Cl)cc(Cl)c4)n3)cn2)CC1. The van der Waals surface area contributed by atoms with Crippen LogP contribution in [0.3, 0.4) is 0 Å². The Morgan fingerprint density at radius 3 is 2.41 bits per heavy atom. The van der Waals surface area contributed by atoms with Crippen LogP contribution in [0.5, 0.6) is 11.6 Å². The van der Waals surface area contributed by atoms with E-state index >= 15 is 0 Å². The molecule has 2 aliphatic rings. The summed E-state index contributed by atoms with van der Waals surface area (Å²) >= 11 is 12.6. The van der Waals surface area contributed by atoms with E-state index in [9.17, 15) is 4.79 Å². The predicted octanol–water partition coefficient (Wildman–Crippen LogP) is 4.85. The minimum atomic E-state index is -0.944. The molecule has 12 heteroatoms. The maximum Gasteiger partial charge on any atom is 0.329 e. The molecule has 0 spiro atoms. The van der Waals surface area contributed by atoms with Crippen molar-refractivity contribution >= 4 is 35.1 Å². The van der Waals surface area contributed by atoms with Gasteiger partial charge in [-0.15, -0.1) is 0 Å². The van der Waals surface area contributed by atoms with Crippen LogP contribution >= 0.6 is 23.2 Å². The number of carbonyl (C=O) groups is 1. The first-order valence-electron chi connectivity index (χ1n) is 13.8. The highest BCUT2D eigenvalue weighted by molar-refractivity contribution is 6.35. The summed E-state index contributed by atoms with van der Waals surface area (Å²) in [5.41, 5.74) is 2.48. The third-order valence-corrected chi connectivity index (χ3v) is 7.68. The fraction of sp³-hybridized carbons (Fsp3) is 0.448. The number of likely N-dealkylation sites (N-methyl/N-ethyl adjacent to an activating group) is 1. The van der Waals surface area contributed by atoms with Crippen LogP contribution in [0.25, 0.3) is 11.3 Å². The quantitative estimate of drug-likeness (QED) is 0.366. The number of piperidine rings is 1. The Kier molecular flexibility index (Phi) is 9.89. The van der Waals surface area contributed by atoms with E-state index in [0.29, 0.717) is 39.9 Å². The highest BCUT2D eigenvalue weighted by Gasteiger charge is 2.21. The van der Waals surface area contributed by atoms with Crippen molar-refractivity contribution in [3.63, 3.8) is 0 Å². The zero-order valence-corrected chi connectivity index (χ0v) is 24.5. The zero-order valence-electron chi connectivity index (χ0n) is 23.0. The molecule has 1 aromatic carbocycles. The number of hydrogen-bond acceptors (Lipinski definition) is 9. The molecule has 0 amide bonds. The van der Waals surface area contributed by atoms with Crippen LogP contribution in [0, 0.1) is 0 Å². The Morgan fingerprint density at radius 2 is 1.71 bits per heavy atom. The van der Waals surface area contributed by atoms with Gasteiger partial charge in [0.15, 0.2) is 5.75 Å². The molecule has 41 heavy (non-hydrogen) atoms. The van der Waals surface area contributed by atoms with Crippen molar-refractivity contribution < 1.29 is 19.4 Å². The first-order valence-corrected chi connectivity index (χ1v) is 14.5. The van der Waals surface area contributed by atoms with E-state index in [4.69, 9.17) is 42.8 Å². The number of hydrogen-bond donors (Lipinski definition) is 1. The van der Waals surface area contributed by atoms with E-state index in [1.54, 1.807) is 18.5 Å². The number of halogens is 2. The van der Waals surface area contributed by atoms with Crippen LogP contribution in [0.15, 0.2) is 42.7 Å². The molecule has 0 atom stereocenters. The number of pyridine rings is 1. The minimum absolute atomic E-state index is 0.0407. The number of likely N-dealkylation sites (tertiary alicyclic amines) is 1. The van der Waals surface area contributed by atoms with Crippen molar-refractivity contribution in [2.24, 2.45) is 0 Å². The number of aliphatic carboxylic acids is 1. The summed E-state index contributed by atoms with van der Waals surface area (Å²) in [6, 6.07) is 9.26. The molecule has 3 aromatic rings. The van der Waals surface area contributed by atoms with Crippen molar-refractivity contribution in [1.82, 2.24) is 24.8 Å². The largest absolute Gasteiger partial charge is 0.480 e. The maximum atomic E-state index is 10.8. The number of rotatable bonds is 9. The summed E-state index contributed by atoms with van der Waals surface area (Å²) < 4.78 is 11.7. The monoisotopic (exact) mass is 600 g/mol. The third kappa shape index (κ3) is 8.50. The van der Waals surface area contributed by atoms with Gasteiger partial charge in [-0.25, -0.2) is 19.7 Å². The number of benzene rings is 1. The van der Waals surface area contributed by atoms with Crippen LogP contribution in [0.1, 0.15) is 24.8 Å². The molecule has 2 aliphatic heterocycles. The number of anilines is 1. The van der Waals surface area contributed by atoms with Gasteiger partial charge >= 0.3 is 5.97 Å². The Bertz CT molecular complexity index is 1320. The molecule has 10 nitrogen and oxygen atoms in total. The van der Waals surface area contributed by atoms with Crippen molar-refractivity contribution in [2.75, 3.05) is 57.8 Å². The predicted molar refractivity (Wildman–Crippen MR) is 158 cm³/mol. The fourth-order valence-corrected chi connectivity index (χ4v) is 5.65. The van der Waals surface area contributed by atoms with Crippen LogP contribution in [-0.2, 0) is 16.1 Å². The van der Waals surface area contributed by atoms with Crippen LogP contribution in [0.2, 0.25) is 10.0 Å². The topological polar surface area (TPSA) is 104 Å². The summed E-state index contributed by atoms with van der Waals surface area (Å²) in [6.45, 7) is 5.84. The normalized spacial score (nSPS) is 17.4. The lowest BCUT2D eigenvalue weighted by Crippen LogP contribution is -2.37. The van der Waals surface area contributed by atoms with E-state index in [1.165, 1.54) is 0 Å². The van der Waals surface area contributed by atoms with Crippen LogP contribution in [-0.4, -0.2) is 94.9 Å². The Balaban J connectivity index is 1.32. The Morgan fingerprint density at radius 1 is 0.976 bits per heavy atom. The summed E-state index contributed by atoms with van der Waals surface area (Å²) in [5, 5.41) is 9.93. The molecular formula is C29H34Cl2N6O4. The van der Waals surface area contributed by atoms with Crippen molar-refractivity contribution in [3.05, 3.63) is 58.3 Å². The molecule has 0 aliphatic carbocycles. The summed E-state index contributed by atoms with van der Waals surface area (Å²) in [6.07, 6.45) is 5.94. The summed E-state index contributed by atoms with van der Waals surface area (Å²) in [7, 11) is 2.13. The molecule has 2 aromatic heterocycles. The molecule has 0 saturated carbocycles. The standard InChI is InChI=1S/C29H34Cl2N6O4/c1-35-5-2-6-37(10-9-35)29-32-16-25(17-33-29)41-27-12-20(11-26(34-27)21-13-22(30)15-23(31)14-21)18-36-7-3-24(4-8-36)40-19-28(38)39/h11-17,24H,2-10,18-19H2,1H3,(H,38,39). The highest BCUT2D eigenvalue weighted by atomic mass is 35.5. The maximum absolute atomic E-state index is 10.8. The second-order valence-corrected chi connectivity index (χ2v) is 11.4. The van der Waals surface area contributed by atoms with E-state index in [2.05, 4.69) is 31.7 Å². The van der Waals surface area contributed by atoms with Crippen LogP contribution < -0.4 is 9.64 Å².